The number of carbonyl (C=O) groups is 1. The van der Waals surface area contributed by atoms with Gasteiger partial charge in [-0.05, 0) is 36.6 Å². The maximum absolute atomic E-state index is 12.6. The van der Waals surface area contributed by atoms with Crippen molar-refractivity contribution in [1.82, 2.24) is 15.0 Å². The maximum Gasteiger partial charge on any atom is 0.267 e. The van der Waals surface area contributed by atoms with Gasteiger partial charge in [0.15, 0.2) is 10.8 Å². The van der Waals surface area contributed by atoms with Crippen LogP contribution in [0.5, 0.6) is 0 Å². The standard InChI is InChI=1S/C20H20N4O2S2/c25-19(17-12-23-20(28-17)18-21-7-2-8-22-18)24-15-4-1-3-14(11-15)13-27-16-5-9-26-10-6-16/h1-4,7-8,11-12,16H,5-6,9-10,13H2,(H,24,25). The summed E-state index contributed by atoms with van der Waals surface area (Å²) >= 11 is 3.24. The molecule has 1 saturated heterocycles. The lowest BCUT2D eigenvalue weighted by molar-refractivity contribution is 0.1000. The van der Waals surface area contributed by atoms with Gasteiger partial charge >= 0.3 is 0 Å². The number of carbonyl (C=O) groups excluding carboxylic acids is 1. The predicted molar refractivity (Wildman–Crippen MR) is 113 cm³/mol. The molecular weight excluding hydrogens is 392 g/mol. The van der Waals surface area contributed by atoms with Gasteiger partial charge in [-0.25, -0.2) is 15.0 Å². The van der Waals surface area contributed by atoms with Crippen LogP contribution in [0.4, 0.5) is 5.69 Å². The van der Waals surface area contributed by atoms with Gasteiger partial charge in [0.25, 0.3) is 5.91 Å². The first kappa shape index (κ1) is 19.0. The van der Waals surface area contributed by atoms with Gasteiger partial charge in [-0.1, -0.05) is 12.1 Å². The number of rotatable bonds is 6. The van der Waals surface area contributed by atoms with Crippen LogP contribution in [0.25, 0.3) is 10.8 Å². The van der Waals surface area contributed by atoms with E-state index in [0.717, 1.165) is 37.5 Å². The van der Waals surface area contributed by atoms with E-state index in [1.54, 1.807) is 24.7 Å². The Morgan fingerprint density at radius 3 is 2.82 bits per heavy atom. The third-order valence-corrected chi connectivity index (χ3v) is 6.76. The van der Waals surface area contributed by atoms with Gasteiger partial charge in [-0.15, -0.1) is 11.3 Å². The number of benzene rings is 1. The number of amides is 1. The molecule has 28 heavy (non-hydrogen) atoms. The maximum atomic E-state index is 12.6. The summed E-state index contributed by atoms with van der Waals surface area (Å²) in [7, 11) is 0. The fourth-order valence-electron chi connectivity index (χ4n) is 2.88. The first-order chi connectivity index (χ1) is 13.8. The monoisotopic (exact) mass is 412 g/mol. The smallest absolute Gasteiger partial charge is 0.267 e. The summed E-state index contributed by atoms with van der Waals surface area (Å²) in [6, 6.07) is 9.76. The van der Waals surface area contributed by atoms with Crippen molar-refractivity contribution in [2.45, 2.75) is 23.8 Å². The molecule has 1 N–H and O–H groups in total. The van der Waals surface area contributed by atoms with Crippen molar-refractivity contribution in [3.8, 4) is 10.8 Å². The highest BCUT2D eigenvalue weighted by Crippen LogP contribution is 2.27. The largest absolute Gasteiger partial charge is 0.381 e. The van der Waals surface area contributed by atoms with E-state index in [9.17, 15) is 4.79 Å². The van der Waals surface area contributed by atoms with Gasteiger partial charge in [0.1, 0.15) is 4.88 Å². The van der Waals surface area contributed by atoms with E-state index < -0.39 is 0 Å². The van der Waals surface area contributed by atoms with Crippen LogP contribution in [-0.2, 0) is 10.5 Å². The highest BCUT2D eigenvalue weighted by atomic mass is 32.2. The number of aromatic nitrogens is 3. The molecule has 0 radical (unpaired) electrons. The Morgan fingerprint density at radius 1 is 1.18 bits per heavy atom. The Balaban J connectivity index is 1.37. The molecule has 0 bridgehead atoms. The quantitative estimate of drug-likeness (QED) is 0.652. The molecule has 1 fully saturated rings. The molecule has 6 nitrogen and oxygen atoms in total. The number of thiazole rings is 1. The molecule has 0 unspecified atom stereocenters. The van der Waals surface area contributed by atoms with Crippen LogP contribution in [0, 0.1) is 0 Å². The Bertz CT molecular complexity index is 927. The van der Waals surface area contributed by atoms with Crippen molar-refractivity contribution in [2.24, 2.45) is 0 Å². The second-order valence-electron chi connectivity index (χ2n) is 6.38. The zero-order chi connectivity index (χ0) is 19.2. The van der Waals surface area contributed by atoms with E-state index in [1.165, 1.54) is 16.9 Å². The predicted octanol–water partition coefficient (Wildman–Crippen LogP) is 4.26. The summed E-state index contributed by atoms with van der Waals surface area (Å²) in [5.74, 6) is 1.29. The summed E-state index contributed by atoms with van der Waals surface area (Å²) in [5, 5.41) is 4.25. The zero-order valence-electron chi connectivity index (χ0n) is 15.2. The first-order valence-electron chi connectivity index (χ1n) is 9.11. The number of nitrogens with one attached hydrogen (secondary N) is 1. The minimum absolute atomic E-state index is 0.172. The van der Waals surface area contributed by atoms with Crippen LogP contribution in [0.3, 0.4) is 0 Å². The molecule has 0 saturated carbocycles. The van der Waals surface area contributed by atoms with Gasteiger partial charge in [0.05, 0.1) is 6.20 Å². The molecule has 0 spiro atoms. The minimum atomic E-state index is -0.172. The topological polar surface area (TPSA) is 77.0 Å². The minimum Gasteiger partial charge on any atom is -0.381 e. The fraction of sp³-hybridized carbons (Fsp3) is 0.300. The van der Waals surface area contributed by atoms with E-state index in [-0.39, 0.29) is 5.91 Å². The van der Waals surface area contributed by atoms with E-state index in [0.29, 0.717) is 21.0 Å². The van der Waals surface area contributed by atoms with Crippen LogP contribution >= 0.6 is 23.1 Å². The van der Waals surface area contributed by atoms with Crippen molar-refractivity contribution in [1.29, 1.82) is 0 Å². The SMILES string of the molecule is O=C(Nc1cccc(CSC2CCOCC2)c1)c1cnc(-c2ncccn2)s1. The van der Waals surface area contributed by atoms with Gasteiger partial charge in [0.2, 0.25) is 0 Å². The second-order valence-corrected chi connectivity index (χ2v) is 8.70. The lowest BCUT2D eigenvalue weighted by Crippen LogP contribution is -2.17. The molecule has 3 aromatic rings. The molecule has 1 aromatic carbocycles. The summed E-state index contributed by atoms with van der Waals surface area (Å²) < 4.78 is 5.41. The van der Waals surface area contributed by atoms with Crippen molar-refractivity contribution in [3.63, 3.8) is 0 Å². The summed E-state index contributed by atoms with van der Waals surface area (Å²) in [4.78, 5) is 25.7. The Kier molecular flexibility index (Phi) is 6.31. The van der Waals surface area contributed by atoms with Gasteiger partial charge in [-0.2, -0.15) is 11.8 Å². The van der Waals surface area contributed by atoms with Crippen LogP contribution in [0.1, 0.15) is 28.1 Å². The average molecular weight is 413 g/mol. The van der Waals surface area contributed by atoms with E-state index in [1.807, 2.05) is 30.0 Å². The summed E-state index contributed by atoms with van der Waals surface area (Å²) in [6.07, 6.45) is 7.11. The zero-order valence-corrected chi connectivity index (χ0v) is 16.8. The molecular formula is C20H20N4O2S2. The van der Waals surface area contributed by atoms with Crippen molar-refractivity contribution in [2.75, 3.05) is 18.5 Å². The Labute approximate surface area is 171 Å². The van der Waals surface area contributed by atoms with Crippen LogP contribution in [0.15, 0.2) is 48.9 Å². The van der Waals surface area contributed by atoms with E-state index in [4.69, 9.17) is 4.74 Å². The number of anilines is 1. The van der Waals surface area contributed by atoms with Crippen molar-refractivity contribution < 1.29 is 9.53 Å². The number of ether oxygens (including phenoxy) is 1. The van der Waals surface area contributed by atoms with Crippen LogP contribution in [-0.4, -0.2) is 39.3 Å². The highest BCUT2D eigenvalue weighted by molar-refractivity contribution is 7.99. The normalized spacial score (nSPS) is 14.7. The fourth-order valence-corrected chi connectivity index (χ4v) is 4.77. The van der Waals surface area contributed by atoms with Gasteiger partial charge < -0.3 is 10.1 Å². The molecule has 0 atom stereocenters. The molecule has 0 aliphatic carbocycles. The number of hydrogen-bond acceptors (Lipinski definition) is 7. The van der Waals surface area contributed by atoms with Crippen LogP contribution < -0.4 is 5.32 Å². The van der Waals surface area contributed by atoms with Crippen molar-refractivity contribution >= 4 is 34.7 Å². The summed E-state index contributed by atoms with van der Waals surface area (Å²) in [6.45, 7) is 1.72. The Hall–Kier alpha value is -2.29. The number of nitrogens with zero attached hydrogens (tertiary/aromatic N) is 3. The molecule has 1 amide bonds. The van der Waals surface area contributed by atoms with Crippen LogP contribution in [0.2, 0.25) is 0 Å². The molecule has 8 heteroatoms. The molecule has 4 rings (SSSR count). The molecule has 1 aliphatic heterocycles. The van der Waals surface area contributed by atoms with Crippen molar-refractivity contribution in [3.05, 3.63) is 59.4 Å². The van der Waals surface area contributed by atoms with E-state index in [2.05, 4.69) is 26.3 Å². The third-order valence-electron chi connectivity index (χ3n) is 4.33. The third kappa shape index (κ3) is 4.95. The molecule has 1 aliphatic rings. The Morgan fingerprint density at radius 2 is 2.00 bits per heavy atom. The second kappa shape index (κ2) is 9.27. The van der Waals surface area contributed by atoms with Gasteiger partial charge in [-0.3, -0.25) is 4.79 Å². The van der Waals surface area contributed by atoms with E-state index >= 15 is 0 Å². The molecule has 3 heterocycles. The number of hydrogen-bond donors (Lipinski definition) is 1. The lowest BCUT2D eigenvalue weighted by atomic mass is 10.2. The molecule has 2 aromatic heterocycles. The van der Waals surface area contributed by atoms with Gasteiger partial charge in [0, 0.05) is 42.3 Å². The highest BCUT2D eigenvalue weighted by Gasteiger charge is 2.15. The number of thioether (sulfide) groups is 1. The first-order valence-corrected chi connectivity index (χ1v) is 11.0. The molecule has 144 valence electrons. The average Bonchev–Trinajstić information content (AvgIpc) is 3.25. The lowest BCUT2D eigenvalue weighted by Gasteiger charge is -2.21. The summed E-state index contributed by atoms with van der Waals surface area (Å²) in [5.41, 5.74) is 2.00.